The normalized spacial score (nSPS) is 10.1. The van der Waals surface area contributed by atoms with Gasteiger partial charge < -0.3 is 10.1 Å². The largest absolute Gasteiger partial charge is 0.451 e. The molecule has 0 saturated heterocycles. The van der Waals surface area contributed by atoms with E-state index in [1.54, 1.807) is 48.5 Å². The zero-order valence-electron chi connectivity index (χ0n) is 13.4. The van der Waals surface area contributed by atoms with Crippen LogP contribution in [0.4, 0.5) is 5.69 Å². The molecular formula is C18H12N4O4. The van der Waals surface area contributed by atoms with Crippen LogP contribution in [0.25, 0.3) is 10.8 Å². The number of carbonyl (C=O) groups excluding carboxylic acids is 2. The van der Waals surface area contributed by atoms with E-state index >= 15 is 0 Å². The first-order chi connectivity index (χ1) is 12.6. The van der Waals surface area contributed by atoms with Crippen molar-refractivity contribution in [1.82, 2.24) is 10.2 Å². The molecule has 1 aromatic heterocycles. The molecule has 2 aromatic carbocycles. The van der Waals surface area contributed by atoms with Crippen LogP contribution in [0.1, 0.15) is 16.1 Å². The summed E-state index contributed by atoms with van der Waals surface area (Å²) in [6, 6.07) is 14.7. The fourth-order valence-electron chi connectivity index (χ4n) is 2.29. The van der Waals surface area contributed by atoms with Crippen LogP contribution >= 0.6 is 0 Å². The number of amides is 1. The summed E-state index contributed by atoms with van der Waals surface area (Å²) in [4.78, 5) is 35.8. The second-order valence-corrected chi connectivity index (χ2v) is 5.26. The Kier molecular flexibility index (Phi) is 4.71. The summed E-state index contributed by atoms with van der Waals surface area (Å²) in [6.07, 6.45) is 0. The van der Waals surface area contributed by atoms with Gasteiger partial charge in [0.15, 0.2) is 12.3 Å². The molecule has 0 aliphatic heterocycles. The Morgan fingerprint density at radius 2 is 1.81 bits per heavy atom. The average molecular weight is 348 g/mol. The number of nitrogens with zero attached hydrogens (tertiary/aromatic N) is 2. The SMILES string of the molecule is N#Cc1ccc(NC(=O)COC(=O)c2n[nH]c(=O)c3ccccc23)cc1. The average Bonchev–Trinajstić information content (AvgIpc) is 2.67. The number of fused-ring (bicyclic) bond motifs is 1. The lowest BCUT2D eigenvalue weighted by Gasteiger charge is -2.07. The summed E-state index contributed by atoms with van der Waals surface area (Å²) in [5, 5.41) is 17.9. The zero-order valence-corrected chi connectivity index (χ0v) is 13.4. The number of nitriles is 1. The van der Waals surface area contributed by atoms with Crippen molar-refractivity contribution in [3.8, 4) is 6.07 Å². The number of carbonyl (C=O) groups is 2. The molecule has 8 nitrogen and oxygen atoms in total. The van der Waals surface area contributed by atoms with E-state index in [0.717, 1.165) is 0 Å². The highest BCUT2D eigenvalue weighted by Gasteiger charge is 2.16. The van der Waals surface area contributed by atoms with Gasteiger partial charge in [0.25, 0.3) is 11.5 Å². The minimum atomic E-state index is -0.826. The quantitative estimate of drug-likeness (QED) is 0.690. The van der Waals surface area contributed by atoms with Crippen LogP contribution in [0.2, 0.25) is 0 Å². The minimum absolute atomic E-state index is 0.0774. The van der Waals surface area contributed by atoms with Gasteiger partial charge in [0, 0.05) is 11.1 Å². The number of aromatic amines is 1. The lowest BCUT2D eigenvalue weighted by Crippen LogP contribution is -2.22. The third-order valence-electron chi connectivity index (χ3n) is 3.52. The molecule has 0 atom stereocenters. The summed E-state index contributed by atoms with van der Waals surface area (Å²) in [7, 11) is 0. The second kappa shape index (κ2) is 7.27. The first-order valence-corrected chi connectivity index (χ1v) is 7.53. The fraction of sp³-hybridized carbons (Fsp3) is 0.0556. The second-order valence-electron chi connectivity index (χ2n) is 5.26. The molecule has 0 radical (unpaired) electrons. The van der Waals surface area contributed by atoms with Crippen molar-refractivity contribution in [2.24, 2.45) is 0 Å². The molecule has 0 unspecified atom stereocenters. The van der Waals surface area contributed by atoms with Gasteiger partial charge in [-0.1, -0.05) is 18.2 Å². The Balaban J connectivity index is 1.67. The van der Waals surface area contributed by atoms with Gasteiger partial charge in [-0.15, -0.1) is 0 Å². The van der Waals surface area contributed by atoms with E-state index in [1.165, 1.54) is 0 Å². The van der Waals surface area contributed by atoms with Crippen LogP contribution in [-0.4, -0.2) is 28.7 Å². The highest BCUT2D eigenvalue weighted by atomic mass is 16.5. The lowest BCUT2D eigenvalue weighted by atomic mass is 10.1. The maximum absolute atomic E-state index is 12.2. The van der Waals surface area contributed by atoms with Crippen LogP contribution < -0.4 is 10.9 Å². The molecule has 0 aliphatic carbocycles. The Labute approximate surface area is 147 Å². The number of benzene rings is 2. The van der Waals surface area contributed by atoms with Crippen LogP contribution in [0, 0.1) is 11.3 Å². The van der Waals surface area contributed by atoms with Crippen molar-refractivity contribution >= 4 is 28.3 Å². The first kappa shape index (κ1) is 16.9. The smallest absolute Gasteiger partial charge is 0.359 e. The highest BCUT2D eigenvalue weighted by Crippen LogP contribution is 2.13. The van der Waals surface area contributed by atoms with Gasteiger partial charge in [-0.25, -0.2) is 9.89 Å². The van der Waals surface area contributed by atoms with Crippen LogP contribution in [0.15, 0.2) is 53.3 Å². The number of hydrogen-bond acceptors (Lipinski definition) is 6. The summed E-state index contributed by atoms with van der Waals surface area (Å²) in [5.41, 5.74) is 0.435. The number of nitrogens with one attached hydrogen (secondary N) is 2. The molecular weight excluding hydrogens is 336 g/mol. The predicted molar refractivity (Wildman–Crippen MR) is 92.4 cm³/mol. The van der Waals surface area contributed by atoms with Gasteiger partial charge in [-0.05, 0) is 30.3 Å². The van der Waals surface area contributed by atoms with Gasteiger partial charge >= 0.3 is 5.97 Å². The van der Waals surface area contributed by atoms with Crippen molar-refractivity contribution < 1.29 is 14.3 Å². The van der Waals surface area contributed by atoms with Crippen LogP contribution in [-0.2, 0) is 9.53 Å². The maximum atomic E-state index is 12.2. The molecule has 0 saturated carbocycles. The number of ether oxygens (including phenoxy) is 1. The van der Waals surface area contributed by atoms with Gasteiger partial charge in [-0.3, -0.25) is 9.59 Å². The molecule has 1 heterocycles. The molecule has 2 N–H and O–H groups in total. The van der Waals surface area contributed by atoms with E-state index < -0.39 is 24.0 Å². The molecule has 0 fully saturated rings. The van der Waals surface area contributed by atoms with Gasteiger partial charge in [0.05, 0.1) is 17.0 Å². The van der Waals surface area contributed by atoms with E-state index in [9.17, 15) is 14.4 Å². The number of H-pyrrole nitrogens is 1. The number of esters is 1. The Bertz CT molecular complexity index is 1080. The van der Waals surface area contributed by atoms with E-state index in [-0.39, 0.29) is 5.69 Å². The molecule has 26 heavy (non-hydrogen) atoms. The van der Waals surface area contributed by atoms with Gasteiger partial charge in [0.1, 0.15) is 0 Å². The summed E-state index contributed by atoms with van der Waals surface area (Å²) in [5.74, 6) is -1.37. The Hall–Kier alpha value is -3.99. The van der Waals surface area contributed by atoms with Crippen molar-refractivity contribution in [2.45, 2.75) is 0 Å². The van der Waals surface area contributed by atoms with E-state index in [4.69, 9.17) is 10.00 Å². The van der Waals surface area contributed by atoms with Crippen LogP contribution in [0.5, 0.6) is 0 Å². The third kappa shape index (κ3) is 3.57. The molecule has 0 bridgehead atoms. The third-order valence-corrected chi connectivity index (χ3v) is 3.52. The zero-order chi connectivity index (χ0) is 18.5. The maximum Gasteiger partial charge on any atom is 0.359 e. The summed E-state index contributed by atoms with van der Waals surface area (Å²) >= 11 is 0. The summed E-state index contributed by atoms with van der Waals surface area (Å²) in [6.45, 7) is -0.520. The topological polar surface area (TPSA) is 125 Å². The van der Waals surface area contributed by atoms with Crippen LogP contribution in [0.3, 0.4) is 0 Å². The van der Waals surface area contributed by atoms with Gasteiger partial charge in [-0.2, -0.15) is 10.4 Å². The van der Waals surface area contributed by atoms with Crippen molar-refractivity contribution in [3.05, 3.63) is 70.1 Å². The van der Waals surface area contributed by atoms with E-state index in [1.807, 2.05) is 6.07 Å². The number of anilines is 1. The summed E-state index contributed by atoms with van der Waals surface area (Å²) < 4.78 is 4.97. The molecule has 3 aromatic rings. The lowest BCUT2D eigenvalue weighted by molar-refractivity contribution is -0.119. The standard InChI is InChI=1S/C18H12N4O4/c19-9-11-5-7-12(8-6-11)20-15(23)10-26-18(25)16-13-3-1-2-4-14(13)17(24)22-21-16/h1-8H,10H2,(H,20,23)(H,22,24). The number of rotatable bonds is 4. The van der Waals surface area contributed by atoms with Crippen molar-refractivity contribution in [3.63, 3.8) is 0 Å². The Morgan fingerprint density at radius 1 is 1.12 bits per heavy atom. The van der Waals surface area contributed by atoms with E-state index in [2.05, 4.69) is 15.5 Å². The van der Waals surface area contributed by atoms with Crippen molar-refractivity contribution in [2.75, 3.05) is 11.9 Å². The number of hydrogen-bond donors (Lipinski definition) is 2. The number of aromatic nitrogens is 2. The fourth-order valence-corrected chi connectivity index (χ4v) is 2.29. The highest BCUT2D eigenvalue weighted by molar-refractivity contribution is 6.03. The molecule has 0 aliphatic rings. The minimum Gasteiger partial charge on any atom is -0.451 e. The van der Waals surface area contributed by atoms with E-state index in [0.29, 0.717) is 22.0 Å². The Morgan fingerprint density at radius 3 is 2.50 bits per heavy atom. The first-order valence-electron chi connectivity index (χ1n) is 7.53. The molecule has 8 heteroatoms. The molecule has 3 rings (SSSR count). The van der Waals surface area contributed by atoms with Crippen molar-refractivity contribution in [1.29, 1.82) is 5.26 Å². The molecule has 0 spiro atoms. The monoisotopic (exact) mass is 348 g/mol. The van der Waals surface area contributed by atoms with Gasteiger partial charge in [0.2, 0.25) is 0 Å². The molecule has 128 valence electrons. The predicted octanol–water partition coefficient (Wildman–Crippen LogP) is 1.59. The molecule has 1 amide bonds.